The molecule has 5 N–H and O–H groups in total. The van der Waals surface area contributed by atoms with Crippen LogP contribution in [0.4, 0.5) is 27.7 Å². The number of aromatic carboxylic acids is 1. The number of carboxylic acid groups (broad SMARTS) is 1. The molecule has 0 aliphatic heterocycles. The van der Waals surface area contributed by atoms with Gasteiger partial charge in [-0.15, -0.1) is 0 Å². The molecule has 0 fully saturated rings. The molecule has 3 amide bonds. The van der Waals surface area contributed by atoms with E-state index < -0.39 is 17.9 Å². The van der Waals surface area contributed by atoms with Crippen LogP contribution in [0, 0.1) is 0 Å². The monoisotopic (exact) mass is 447 g/mol. The number of nitrogens with one attached hydrogen (secondary N) is 4. The second-order valence-corrected chi connectivity index (χ2v) is 7.04. The Morgan fingerprint density at radius 2 is 1.67 bits per heavy atom. The number of hydrogen-bond acceptors (Lipinski definition) is 5. The Morgan fingerprint density at radius 1 is 0.909 bits per heavy atom. The van der Waals surface area contributed by atoms with Crippen LogP contribution in [0.3, 0.4) is 0 Å². The normalized spacial score (nSPS) is 10.2. The Morgan fingerprint density at radius 3 is 2.33 bits per heavy atom. The fourth-order valence-corrected chi connectivity index (χ4v) is 3.28. The van der Waals surface area contributed by atoms with E-state index in [9.17, 15) is 19.5 Å². The number of nitrogens with zero attached hydrogens (tertiary/aromatic N) is 1. The number of para-hydroxylation sites is 1. The minimum absolute atomic E-state index is 0.137. The highest BCUT2D eigenvalue weighted by atomic mass is 16.4. The van der Waals surface area contributed by atoms with Crippen molar-refractivity contribution < 1.29 is 19.5 Å². The number of carbonyl (C=O) groups is 3. The van der Waals surface area contributed by atoms with Crippen LogP contribution in [0.15, 0.2) is 60.8 Å². The van der Waals surface area contributed by atoms with Gasteiger partial charge in [0.15, 0.2) is 0 Å². The van der Waals surface area contributed by atoms with E-state index in [1.807, 2.05) is 37.3 Å². The molecule has 0 saturated heterocycles. The summed E-state index contributed by atoms with van der Waals surface area (Å²) in [7, 11) is 0. The summed E-state index contributed by atoms with van der Waals surface area (Å²) in [6.45, 7) is 4.08. The minimum atomic E-state index is -1.06. The first kappa shape index (κ1) is 23.3. The quantitative estimate of drug-likeness (QED) is 0.346. The summed E-state index contributed by atoms with van der Waals surface area (Å²) < 4.78 is 0. The molecular formula is C24H25N5O4. The summed E-state index contributed by atoms with van der Waals surface area (Å²) >= 11 is 0. The smallest absolute Gasteiger partial charge is 0.336 e. The van der Waals surface area contributed by atoms with Crippen LogP contribution in [0.25, 0.3) is 0 Å². The van der Waals surface area contributed by atoms with Gasteiger partial charge in [-0.2, -0.15) is 0 Å². The van der Waals surface area contributed by atoms with E-state index in [-0.39, 0.29) is 16.9 Å². The fraction of sp³-hybridized carbons (Fsp3) is 0.167. The van der Waals surface area contributed by atoms with Gasteiger partial charge in [0.2, 0.25) is 0 Å². The molecule has 1 heterocycles. The zero-order valence-corrected chi connectivity index (χ0v) is 18.3. The SMILES string of the molecule is CCNC(=O)Nc1cc(Nc2ccccc2)c(C(=O)Nc2cccc(C(=O)O)c2CC)cn1. The number of aromatic nitrogens is 1. The maximum Gasteiger partial charge on any atom is 0.336 e. The maximum absolute atomic E-state index is 13.2. The first-order valence-electron chi connectivity index (χ1n) is 10.5. The molecule has 0 atom stereocenters. The van der Waals surface area contributed by atoms with Gasteiger partial charge in [0.25, 0.3) is 5.91 Å². The molecule has 0 saturated carbocycles. The molecule has 2 aromatic carbocycles. The van der Waals surface area contributed by atoms with Gasteiger partial charge in [-0.3, -0.25) is 10.1 Å². The lowest BCUT2D eigenvalue weighted by molar-refractivity contribution is 0.0695. The average Bonchev–Trinajstić information content (AvgIpc) is 2.79. The van der Waals surface area contributed by atoms with Crippen molar-refractivity contribution in [2.45, 2.75) is 20.3 Å². The highest BCUT2D eigenvalue weighted by Crippen LogP contribution is 2.26. The molecule has 0 radical (unpaired) electrons. The summed E-state index contributed by atoms with van der Waals surface area (Å²) in [5.74, 6) is -1.27. The molecule has 0 aliphatic carbocycles. The zero-order valence-electron chi connectivity index (χ0n) is 18.3. The zero-order chi connectivity index (χ0) is 23.8. The Labute approximate surface area is 191 Å². The van der Waals surface area contributed by atoms with E-state index >= 15 is 0 Å². The van der Waals surface area contributed by atoms with Gasteiger partial charge in [-0.1, -0.05) is 31.2 Å². The molecule has 0 unspecified atom stereocenters. The van der Waals surface area contributed by atoms with Gasteiger partial charge < -0.3 is 21.1 Å². The molecule has 33 heavy (non-hydrogen) atoms. The number of rotatable bonds is 8. The first-order valence-corrected chi connectivity index (χ1v) is 10.5. The largest absolute Gasteiger partial charge is 0.478 e. The summed E-state index contributed by atoms with van der Waals surface area (Å²) in [5.41, 5.74) is 2.47. The van der Waals surface area contributed by atoms with Gasteiger partial charge >= 0.3 is 12.0 Å². The van der Waals surface area contributed by atoms with E-state index in [4.69, 9.17) is 0 Å². The van der Waals surface area contributed by atoms with Gasteiger partial charge in [0.05, 0.1) is 16.8 Å². The Balaban J connectivity index is 1.95. The predicted molar refractivity (Wildman–Crippen MR) is 127 cm³/mol. The highest BCUT2D eigenvalue weighted by molar-refractivity contribution is 6.09. The fourth-order valence-electron chi connectivity index (χ4n) is 3.28. The van der Waals surface area contributed by atoms with Gasteiger partial charge in [0, 0.05) is 30.2 Å². The maximum atomic E-state index is 13.2. The Kier molecular flexibility index (Phi) is 7.59. The Hall–Kier alpha value is -4.40. The first-order chi connectivity index (χ1) is 15.9. The lowest BCUT2D eigenvalue weighted by Crippen LogP contribution is -2.28. The van der Waals surface area contributed by atoms with Gasteiger partial charge in [-0.25, -0.2) is 14.6 Å². The van der Waals surface area contributed by atoms with Crippen molar-refractivity contribution >= 4 is 40.8 Å². The number of pyridine rings is 1. The Bertz CT molecular complexity index is 1160. The number of carbonyl (C=O) groups excluding carboxylic acids is 2. The van der Waals surface area contributed by atoms with Crippen LogP contribution in [0.5, 0.6) is 0 Å². The molecular weight excluding hydrogens is 422 g/mol. The van der Waals surface area contributed by atoms with Gasteiger partial charge in [-0.05, 0) is 43.2 Å². The number of hydrogen-bond donors (Lipinski definition) is 5. The van der Waals surface area contributed by atoms with E-state index in [1.165, 1.54) is 12.3 Å². The van der Waals surface area contributed by atoms with Crippen LogP contribution in [0.2, 0.25) is 0 Å². The summed E-state index contributed by atoms with van der Waals surface area (Å²) in [5, 5.41) is 20.7. The number of urea groups is 1. The molecule has 0 bridgehead atoms. The van der Waals surface area contributed by atoms with Crippen molar-refractivity contribution in [2.24, 2.45) is 0 Å². The van der Waals surface area contributed by atoms with Crippen molar-refractivity contribution in [3.63, 3.8) is 0 Å². The third kappa shape index (κ3) is 5.85. The minimum Gasteiger partial charge on any atom is -0.478 e. The lowest BCUT2D eigenvalue weighted by Gasteiger charge is -2.16. The van der Waals surface area contributed by atoms with Crippen molar-refractivity contribution in [1.82, 2.24) is 10.3 Å². The van der Waals surface area contributed by atoms with Crippen LogP contribution in [-0.4, -0.2) is 34.5 Å². The molecule has 9 heteroatoms. The van der Waals surface area contributed by atoms with E-state index in [2.05, 4.69) is 26.3 Å². The van der Waals surface area contributed by atoms with Crippen molar-refractivity contribution in [2.75, 3.05) is 22.5 Å². The number of amides is 3. The summed E-state index contributed by atoms with van der Waals surface area (Å²) in [4.78, 5) is 40.8. The molecule has 3 aromatic rings. The van der Waals surface area contributed by atoms with Crippen LogP contribution in [0.1, 0.15) is 40.1 Å². The molecule has 1 aromatic heterocycles. The average molecular weight is 447 g/mol. The van der Waals surface area contributed by atoms with Crippen LogP contribution >= 0.6 is 0 Å². The standard InChI is InChI=1S/C24H25N5O4/c1-3-16-17(23(31)32)11-8-12-19(16)28-22(30)18-14-26-21(29-24(33)25-4-2)13-20(18)27-15-9-6-5-7-10-15/h5-14H,3-4H2,1-2H3,(H,28,30)(H,31,32)(H3,25,26,27,29,33). The van der Waals surface area contributed by atoms with E-state index in [0.717, 1.165) is 5.69 Å². The predicted octanol–water partition coefficient (Wildman–Crippen LogP) is 4.48. The number of benzene rings is 2. The molecule has 9 nitrogen and oxygen atoms in total. The van der Waals surface area contributed by atoms with Crippen molar-refractivity contribution in [3.05, 3.63) is 77.5 Å². The van der Waals surface area contributed by atoms with Crippen molar-refractivity contribution in [1.29, 1.82) is 0 Å². The number of anilines is 4. The second kappa shape index (κ2) is 10.8. The highest BCUT2D eigenvalue weighted by Gasteiger charge is 2.18. The number of carboxylic acids is 1. The molecule has 0 aliphatic rings. The topological polar surface area (TPSA) is 132 Å². The molecule has 170 valence electrons. The van der Waals surface area contributed by atoms with E-state index in [1.54, 1.807) is 25.1 Å². The third-order valence-electron chi connectivity index (χ3n) is 4.79. The molecule has 3 rings (SSSR count). The second-order valence-electron chi connectivity index (χ2n) is 7.04. The van der Waals surface area contributed by atoms with Crippen LogP contribution < -0.4 is 21.3 Å². The summed E-state index contributed by atoms with van der Waals surface area (Å²) in [6, 6.07) is 15.1. The van der Waals surface area contributed by atoms with Crippen molar-refractivity contribution in [3.8, 4) is 0 Å². The van der Waals surface area contributed by atoms with Crippen LogP contribution in [-0.2, 0) is 6.42 Å². The third-order valence-corrected chi connectivity index (χ3v) is 4.79. The van der Waals surface area contributed by atoms with E-state index in [0.29, 0.717) is 29.9 Å². The lowest BCUT2D eigenvalue weighted by atomic mass is 10.0. The molecule has 0 spiro atoms. The summed E-state index contributed by atoms with van der Waals surface area (Å²) in [6.07, 6.45) is 1.79. The van der Waals surface area contributed by atoms with Gasteiger partial charge in [0.1, 0.15) is 5.82 Å².